The van der Waals surface area contributed by atoms with Crippen LogP contribution in [0.15, 0.2) is 36.5 Å². The van der Waals surface area contributed by atoms with Crippen molar-refractivity contribution >= 4 is 17.1 Å². The molecule has 2 aromatic heterocycles. The summed E-state index contributed by atoms with van der Waals surface area (Å²) in [6, 6.07) is 8.34. The van der Waals surface area contributed by atoms with Gasteiger partial charge < -0.3 is 19.4 Å². The molecule has 3 aromatic rings. The van der Waals surface area contributed by atoms with Gasteiger partial charge in [0.25, 0.3) is 0 Å². The molecule has 4 rings (SSSR count). The second-order valence-electron chi connectivity index (χ2n) is 8.27. The zero-order valence-electron chi connectivity index (χ0n) is 17.0. The van der Waals surface area contributed by atoms with Gasteiger partial charge in [-0.2, -0.15) is 0 Å². The Morgan fingerprint density at radius 2 is 1.97 bits per heavy atom. The number of nitrogens with zero attached hydrogens (tertiary/aromatic N) is 2. The third kappa shape index (κ3) is 3.77. The van der Waals surface area contributed by atoms with Crippen LogP contribution in [0.3, 0.4) is 0 Å². The van der Waals surface area contributed by atoms with Crippen molar-refractivity contribution in [2.45, 2.75) is 32.3 Å². The van der Waals surface area contributed by atoms with E-state index >= 15 is 0 Å². The zero-order valence-corrected chi connectivity index (χ0v) is 17.0. The number of amides is 1. The number of methoxy groups -OCH3 is 1. The van der Waals surface area contributed by atoms with Crippen LogP contribution in [0.1, 0.15) is 32.4 Å². The van der Waals surface area contributed by atoms with Crippen molar-refractivity contribution in [3.05, 3.63) is 48.0 Å². The number of benzene rings is 1. The Morgan fingerprint density at radius 1 is 1.21 bits per heavy atom. The van der Waals surface area contributed by atoms with Crippen molar-refractivity contribution in [1.29, 1.82) is 0 Å². The molecule has 1 N–H and O–H groups in total. The maximum atomic E-state index is 13.9. The first-order valence-corrected chi connectivity index (χ1v) is 9.54. The van der Waals surface area contributed by atoms with Gasteiger partial charge in [0, 0.05) is 41.8 Å². The van der Waals surface area contributed by atoms with Gasteiger partial charge in [0.2, 0.25) is 0 Å². The van der Waals surface area contributed by atoms with E-state index in [1.807, 2.05) is 32.9 Å². The van der Waals surface area contributed by atoms with Gasteiger partial charge in [0.1, 0.15) is 22.8 Å². The lowest BCUT2D eigenvalue weighted by Crippen LogP contribution is -2.50. The molecule has 6 nitrogen and oxygen atoms in total. The highest BCUT2D eigenvalue weighted by molar-refractivity contribution is 5.95. The van der Waals surface area contributed by atoms with Crippen LogP contribution in [0.5, 0.6) is 5.75 Å². The number of carbonyl (C=O) groups is 1. The van der Waals surface area contributed by atoms with Crippen molar-refractivity contribution in [2.75, 3.05) is 20.2 Å². The van der Waals surface area contributed by atoms with Crippen LogP contribution in [0, 0.1) is 5.82 Å². The molecule has 0 atom stereocenters. The largest absolute Gasteiger partial charge is 0.496 e. The van der Waals surface area contributed by atoms with Crippen LogP contribution in [-0.2, 0) is 4.74 Å². The van der Waals surface area contributed by atoms with Crippen LogP contribution >= 0.6 is 0 Å². The molecule has 0 bridgehead atoms. The minimum atomic E-state index is -0.508. The molecule has 0 unspecified atom stereocenters. The van der Waals surface area contributed by atoms with Crippen molar-refractivity contribution < 1.29 is 18.7 Å². The van der Waals surface area contributed by atoms with Crippen molar-refractivity contribution in [3.63, 3.8) is 0 Å². The van der Waals surface area contributed by atoms with Gasteiger partial charge in [-0.15, -0.1) is 0 Å². The molecular formula is C22H24FN3O3. The van der Waals surface area contributed by atoms with Gasteiger partial charge in [-0.05, 0) is 56.7 Å². The van der Waals surface area contributed by atoms with Crippen LogP contribution in [0.4, 0.5) is 9.18 Å². The molecule has 3 heterocycles. The van der Waals surface area contributed by atoms with Crippen LogP contribution in [0.25, 0.3) is 22.2 Å². The first kappa shape index (κ1) is 19.2. The first-order valence-electron chi connectivity index (χ1n) is 9.54. The molecule has 29 heavy (non-hydrogen) atoms. The van der Waals surface area contributed by atoms with Crippen LogP contribution in [0.2, 0.25) is 0 Å². The van der Waals surface area contributed by atoms with Crippen molar-refractivity contribution in [1.82, 2.24) is 14.9 Å². The van der Waals surface area contributed by atoms with Crippen LogP contribution in [-0.4, -0.2) is 46.8 Å². The van der Waals surface area contributed by atoms with Crippen molar-refractivity contribution in [3.8, 4) is 16.9 Å². The van der Waals surface area contributed by atoms with E-state index in [0.29, 0.717) is 24.4 Å². The Morgan fingerprint density at radius 3 is 2.66 bits per heavy atom. The molecule has 1 aromatic carbocycles. The summed E-state index contributed by atoms with van der Waals surface area (Å²) in [6.45, 7) is 6.73. The number of rotatable bonds is 3. The maximum Gasteiger partial charge on any atom is 0.410 e. The predicted octanol–water partition coefficient (Wildman–Crippen LogP) is 4.71. The number of pyridine rings is 1. The summed E-state index contributed by atoms with van der Waals surface area (Å²) in [6.07, 6.45) is 1.39. The van der Waals surface area contributed by atoms with Gasteiger partial charge in [-0.3, -0.25) is 0 Å². The molecule has 0 aliphatic carbocycles. The molecule has 0 saturated carbocycles. The Hall–Kier alpha value is -3.09. The summed E-state index contributed by atoms with van der Waals surface area (Å²) < 4.78 is 24.7. The van der Waals surface area contributed by atoms with E-state index in [4.69, 9.17) is 9.47 Å². The van der Waals surface area contributed by atoms with Gasteiger partial charge in [-0.25, -0.2) is 14.2 Å². The zero-order chi connectivity index (χ0) is 20.8. The number of likely N-dealkylation sites (tertiary alicyclic amines) is 1. The number of H-pyrrole nitrogens is 1. The lowest BCUT2D eigenvalue weighted by molar-refractivity contribution is 0.00793. The summed E-state index contributed by atoms with van der Waals surface area (Å²) in [5.74, 6) is 0.453. The topological polar surface area (TPSA) is 67.5 Å². The number of hydrogen-bond donors (Lipinski definition) is 1. The smallest absolute Gasteiger partial charge is 0.410 e. The number of ether oxygens (including phenoxy) is 2. The van der Waals surface area contributed by atoms with E-state index in [9.17, 15) is 9.18 Å². The van der Waals surface area contributed by atoms with E-state index in [-0.39, 0.29) is 17.8 Å². The third-order valence-corrected chi connectivity index (χ3v) is 4.98. The van der Waals surface area contributed by atoms with Gasteiger partial charge in [0.15, 0.2) is 0 Å². The Balaban J connectivity index is 1.60. The summed E-state index contributed by atoms with van der Waals surface area (Å²) in [5.41, 5.74) is 2.73. The first-order chi connectivity index (χ1) is 13.7. The Labute approximate surface area is 168 Å². The maximum absolute atomic E-state index is 13.9. The quantitative estimate of drug-likeness (QED) is 0.695. The number of fused-ring (bicyclic) bond motifs is 1. The summed E-state index contributed by atoms with van der Waals surface area (Å²) in [4.78, 5) is 21.6. The fourth-order valence-corrected chi connectivity index (χ4v) is 3.54. The number of carbonyl (C=O) groups excluding carboxylic acids is 1. The number of halogens is 1. The van der Waals surface area contributed by atoms with E-state index in [1.54, 1.807) is 24.3 Å². The van der Waals surface area contributed by atoms with Gasteiger partial charge in [-0.1, -0.05) is 0 Å². The lowest BCUT2D eigenvalue weighted by atomic mass is 9.96. The normalized spacial score (nSPS) is 14.7. The van der Waals surface area contributed by atoms with E-state index < -0.39 is 5.60 Å². The molecule has 1 fully saturated rings. The summed E-state index contributed by atoms with van der Waals surface area (Å²) in [5, 5.41) is 0.891. The Bertz CT molecular complexity index is 1060. The fourth-order valence-electron chi connectivity index (χ4n) is 3.54. The number of hydrogen-bond acceptors (Lipinski definition) is 4. The van der Waals surface area contributed by atoms with E-state index in [2.05, 4.69) is 9.97 Å². The minimum absolute atomic E-state index is 0.180. The molecule has 0 spiro atoms. The highest BCUT2D eigenvalue weighted by Crippen LogP contribution is 2.37. The molecule has 1 amide bonds. The molecule has 0 radical (unpaired) electrons. The molecule has 7 heteroatoms. The fraction of sp³-hybridized carbons (Fsp3) is 0.364. The average Bonchev–Trinajstić information content (AvgIpc) is 3.02. The third-order valence-electron chi connectivity index (χ3n) is 4.98. The standard InChI is InChI=1S/C22H24FN3O3/c1-22(2,3)29-21(27)26-11-13(12-26)18-10-17-15(7-8-24-20(17)25-18)16-9-14(23)5-6-19(16)28-4/h5-10,13H,11-12H2,1-4H3,(H,24,25). The van der Waals surface area contributed by atoms with E-state index in [0.717, 1.165) is 22.3 Å². The number of aromatic nitrogens is 2. The van der Waals surface area contributed by atoms with Gasteiger partial charge >= 0.3 is 6.09 Å². The predicted molar refractivity (Wildman–Crippen MR) is 109 cm³/mol. The molecule has 1 aliphatic rings. The number of aromatic amines is 1. The van der Waals surface area contributed by atoms with Crippen molar-refractivity contribution in [2.24, 2.45) is 0 Å². The summed E-state index contributed by atoms with van der Waals surface area (Å²) in [7, 11) is 1.57. The lowest BCUT2D eigenvalue weighted by Gasteiger charge is -2.39. The van der Waals surface area contributed by atoms with E-state index in [1.165, 1.54) is 12.1 Å². The molecule has 1 saturated heterocycles. The summed E-state index contributed by atoms with van der Waals surface area (Å²) >= 11 is 0. The van der Waals surface area contributed by atoms with Gasteiger partial charge in [0.05, 0.1) is 7.11 Å². The number of nitrogens with one attached hydrogen (secondary N) is 1. The average molecular weight is 397 g/mol. The second-order valence-corrected chi connectivity index (χ2v) is 8.27. The second kappa shape index (κ2) is 7.06. The highest BCUT2D eigenvalue weighted by atomic mass is 19.1. The SMILES string of the molecule is COc1ccc(F)cc1-c1ccnc2[nH]c(C3CN(C(=O)OC(C)(C)C)C3)cc12. The highest BCUT2D eigenvalue weighted by Gasteiger charge is 2.35. The molecule has 1 aliphatic heterocycles. The molecule has 152 valence electrons. The minimum Gasteiger partial charge on any atom is -0.496 e. The molecular weight excluding hydrogens is 373 g/mol. The Kier molecular flexibility index (Phi) is 4.68. The monoisotopic (exact) mass is 397 g/mol. The van der Waals surface area contributed by atoms with Crippen LogP contribution < -0.4 is 4.74 Å².